The van der Waals surface area contributed by atoms with E-state index in [0.717, 1.165) is 0 Å². The lowest BCUT2D eigenvalue weighted by Crippen LogP contribution is -2.57. The van der Waals surface area contributed by atoms with E-state index in [0.29, 0.717) is 11.4 Å². The number of rotatable bonds is 6. The van der Waals surface area contributed by atoms with E-state index in [1.807, 2.05) is 5.43 Å². The molecule has 1 saturated heterocycles. The molecule has 1 aliphatic rings. The first-order chi connectivity index (χ1) is 14.8. The molecule has 1 fully saturated rings. The van der Waals surface area contributed by atoms with Crippen LogP contribution in [0.25, 0.3) is 0 Å². The van der Waals surface area contributed by atoms with Crippen molar-refractivity contribution >= 4 is 29.3 Å². The van der Waals surface area contributed by atoms with Gasteiger partial charge in [-0.1, -0.05) is 36.4 Å². The number of para-hydroxylation sites is 2. The van der Waals surface area contributed by atoms with E-state index in [9.17, 15) is 19.6 Å². The van der Waals surface area contributed by atoms with Crippen molar-refractivity contribution in [3.05, 3.63) is 65.9 Å². The number of carbonyl (C=O) groups is 3. The number of anilines is 2. The second-order valence-corrected chi connectivity index (χ2v) is 7.61. The largest absolute Gasteiger partial charge is 0.753 e. The molecule has 31 heavy (non-hydrogen) atoms. The zero-order valence-electron chi connectivity index (χ0n) is 17.3. The maximum Gasteiger partial charge on any atom is 0.326 e. The van der Waals surface area contributed by atoms with Crippen molar-refractivity contribution in [1.29, 1.82) is 0 Å². The van der Waals surface area contributed by atoms with Crippen molar-refractivity contribution in [2.45, 2.75) is 32.0 Å². The highest BCUT2D eigenvalue weighted by Gasteiger charge is 2.53. The van der Waals surface area contributed by atoms with Crippen LogP contribution in [0.1, 0.15) is 20.3 Å². The maximum atomic E-state index is 13.3. The van der Waals surface area contributed by atoms with Gasteiger partial charge in [-0.3, -0.25) is 15.1 Å². The minimum absolute atomic E-state index is 0.0306. The number of benzene rings is 2. The Kier molecular flexibility index (Phi) is 6.42. The predicted molar refractivity (Wildman–Crippen MR) is 117 cm³/mol. The third-order valence-electron chi connectivity index (χ3n) is 5.21. The summed E-state index contributed by atoms with van der Waals surface area (Å²) in [4.78, 5) is 40.4. The van der Waals surface area contributed by atoms with E-state index in [2.05, 4.69) is 5.32 Å². The summed E-state index contributed by atoms with van der Waals surface area (Å²) in [6.07, 6.45) is -1.22. The van der Waals surface area contributed by atoms with Crippen LogP contribution in [0.3, 0.4) is 0 Å². The van der Waals surface area contributed by atoms with Crippen LogP contribution in [0.15, 0.2) is 60.7 Å². The van der Waals surface area contributed by atoms with Crippen LogP contribution < -0.4 is 21.5 Å². The molecule has 1 heterocycles. The summed E-state index contributed by atoms with van der Waals surface area (Å²) < 4.78 is 0. The molecule has 0 aliphatic carbocycles. The minimum Gasteiger partial charge on any atom is -0.753 e. The summed E-state index contributed by atoms with van der Waals surface area (Å²) in [6, 6.07) is 15.8. The molecule has 0 bridgehead atoms. The van der Waals surface area contributed by atoms with Gasteiger partial charge in [0, 0.05) is 24.3 Å². The lowest BCUT2D eigenvalue weighted by atomic mass is 9.99. The number of nitrogens with two attached hydrogens (primary N) is 1. The van der Waals surface area contributed by atoms with Gasteiger partial charge in [-0.15, -0.1) is 0 Å². The Morgan fingerprint density at radius 2 is 1.68 bits per heavy atom. The second kappa shape index (κ2) is 9.02. The number of nitrogens with one attached hydrogen (secondary N) is 2. The van der Waals surface area contributed by atoms with Gasteiger partial charge in [-0.2, -0.15) is 0 Å². The van der Waals surface area contributed by atoms with Gasteiger partial charge in [-0.25, -0.2) is 15.4 Å². The first-order valence-corrected chi connectivity index (χ1v) is 9.75. The molecule has 1 aliphatic heterocycles. The molecule has 2 aromatic rings. The van der Waals surface area contributed by atoms with Gasteiger partial charge in [0.2, 0.25) is 5.91 Å². The van der Waals surface area contributed by atoms with Crippen LogP contribution in [0.4, 0.5) is 21.0 Å². The fourth-order valence-electron chi connectivity index (χ4n) is 3.65. The molecule has 0 spiro atoms. The summed E-state index contributed by atoms with van der Waals surface area (Å²) in [6.45, 7) is 3.39. The Labute approximate surface area is 180 Å². The lowest BCUT2D eigenvalue weighted by Gasteiger charge is -2.45. The fraction of sp³-hybridized carbons (Fsp3) is 0.286. The average molecular weight is 425 g/mol. The molecule has 0 saturated carbocycles. The SMILES string of the molecule is CC1(C)[C@H](N([O-])C(=O)Nc2ccccc2)N(c2ccccc2)C(=O)N1CCC(=O)NN. The number of hydrazine groups is 1. The van der Waals surface area contributed by atoms with E-state index in [-0.39, 0.29) is 18.0 Å². The molecule has 3 rings (SSSR count). The highest BCUT2D eigenvalue weighted by Crippen LogP contribution is 2.38. The molecule has 10 heteroatoms. The fourth-order valence-corrected chi connectivity index (χ4v) is 3.65. The Morgan fingerprint density at radius 1 is 1.10 bits per heavy atom. The number of amides is 5. The summed E-state index contributed by atoms with van der Waals surface area (Å²) in [7, 11) is 0. The van der Waals surface area contributed by atoms with Gasteiger partial charge in [-0.05, 0) is 38.1 Å². The Bertz CT molecular complexity index is 937. The smallest absolute Gasteiger partial charge is 0.326 e. The molecule has 0 unspecified atom stereocenters. The monoisotopic (exact) mass is 425 g/mol. The molecule has 5 amide bonds. The minimum atomic E-state index is -1.17. The van der Waals surface area contributed by atoms with E-state index < -0.39 is 29.7 Å². The predicted octanol–water partition coefficient (Wildman–Crippen LogP) is 2.45. The molecular formula is C21H25N6O4-. The zero-order chi connectivity index (χ0) is 22.6. The quantitative estimate of drug-likeness (QED) is 0.371. The molecule has 4 N–H and O–H groups in total. The van der Waals surface area contributed by atoms with Crippen LogP contribution in [0.2, 0.25) is 0 Å². The maximum absolute atomic E-state index is 13.3. The number of hydrogen-bond acceptors (Lipinski definition) is 5. The van der Waals surface area contributed by atoms with Crippen molar-refractivity contribution in [3.63, 3.8) is 0 Å². The third-order valence-corrected chi connectivity index (χ3v) is 5.21. The van der Waals surface area contributed by atoms with Crippen LogP contribution in [0, 0.1) is 5.21 Å². The van der Waals surface area contributed by atoms with E-state index >= 15 is 0 Å². The van der Waals surface area contributed by atoms with Crippen molar-refractivity contribution in [3.8, 4) is 0 Å². The highest BCUT2D eigenvalue weighted by atomic mass is 16.5. The van der Waals surface area contributed by atoms with Crippen LogP contribution in [-0.2, 0) is 4.79 Å². The molecular weight excluding hydrogens is 400 g/mol. The van der Waals surface area contributed by atoms with Gasteiger partial charge in [0.25, 0.3) is 0 Å². The van der Waals surface area contributed by atoms with Gasteiger partial charge >= 0.3 is 12.1 Å². The van der Waals surface area contributed by atoms with Crippen molar-refractivity contribution < 1.29 is 14.4 Å². The standard InChI is InChI=1S/C21H25N6O4/c1-21(2)18(27(31)19(29)23-15-9-5-3-6-10-15)26(16-11-7-4-8-12-16)20(30)25(21)14-13-17(28)24-22/h3-12,18H,13-14,22H2,1-2H3,(H,23,29)(H,24,28)/q-1/t18-/m0/s1. The molecule has 0 radical (unpaired) electrons. The number of hydroxylamine groups is 2. The van der Waals surface area contributed by atoms with Gasteiger partial charge < -0.3 is 20.5 Å². The van der Waals surface area contributed by atoms with Crippen LogP contribution >= 0.6 is 0 Å². The molecule has 10 nitrogen and oxygen atoms in total. The topological polar surface area (TPSA) is 134 Å². The molecule has 164 valence electrons. The average Bonchev–Trinajstić information content (AvgIpc) is 2.97. The Balaban J connectivity index is 1.94. The van der Waals surface area contributed by atoms with E-state index in [4.69, 9.17) is 5.84 Å². The summed E-state index contributed by atoms with van der Waals surface area (Å²) in [5, 5.41) is 16.0. The van der Waals surface area contributed by atoms with Crippen molar-refractivity contribution in [2.75, 3.05) is 16.8 Å². The van der Waals surface area contributed by atoms with Crippen LogP contribution in [0.5, 0.6) is 0 Å². The number of carbonyl (C=O) groups excluding carboxylic acids is 3. The van der Waals surface area contributed by atoms with Crippen molar-refractivity contribution in [1.82, 2.24) is 15.4 Å². The van der Waals surface area contributed by atoms with Gasteiger partial charge in [0.05, 0.1) is 5.54 Å². The first kappa shape index (κ1) is 22.1. The van der Waals surface area contributed by atoms with E-state index in [1.54, 1.807) is 74.5 Å². The normalized spacial score (nSPS) is 17.4. The number of nitrogens with zero attached hydrogens (tertiary/aromatic N) is 3. The Hall–Kier alpha value is -3.63. The highest BCUT2D eigenvalue weighted by molar-refractivity contribution is 5.98. The first-order valence-electron chi connectivity index (χ1n) is 9.75. The molecule has 1 atom stereocenters. The number of urea groups is 2. The summed E-state index contributed by atoms with van der Waals surface area (Å²) in [5.41, 5.74) is 1.85. The summed E-state index contributed by atoms with van der Waals surface area (Å²) in [5.74, 6) is 4.70. The van der Waals surface area contributed by atoms with Gasteiger partial charge in [0.1, 0.15) is 6.17 Å². The second-order valence-electron chi connectivity index (χ2n) is 7.61. The molecule has 0 aromatic heterocycles. The van der Waals surface area contributed by atoms with Gasteiger partial charge in [0.15, 0.2) is 0 Å². The molecule has 2 aromatic carbocycles. The third kappa shape index (κ3) is 4.44. The van der Waals surface area contributed by atoms with E-state index in [1.165, 1.54) is 9.80 Å². The lowest BCUT2D eigenvalue weighted by molar-refractivity contribution is -0.121. The zero-order valence-corrected chi connectivity index (χ0v) is 17.3. The number of hydrogen-bond donors (Lipinski definition) is 3. The van der Waals surface area contributed by atoms with Crippen molar-refractivity contribution in [2.24, 2.45) is 5.84 Å². The summed E-state index contributed by atoms with van der Waals surface area (Å²) >= 11 is 0. The van der Waals surface area contributed by atoms with Crippen LogP contribution in [-0.4, -0.2) is 46.2 Å². The Morgan fingerprint density at radius 3 is 2.26 bits per heavy atom.